The molecular formula is C21H20N2O6S. The van der Waals surface area contributed by atoms with E-state index in [4.69, 9.17) is 8.83 Å². The van der Waals surface area contributed by atoms with E-state index in [9.17, 15) is 18.0 Å². The molecule has 0 unspecified atom stereocenters. The average Bonchev–Trinajstić information content (AvgIpc) is 3.19. The number of anilines is 1. The number of sulfonamides is 1. The summed E-state index contributed by atoms with van der Waals surface area (Å²) in [6.45, 7) is 1.53. The Bertz CT molecular complexity index is 1180. The maximum Gasteiger partial charge on any atom is 0.291 e. The minimum Gasteiger partial charge on any atom is -0.468 e. The summed E-state index contributed by atoms with van der Waals surface area (Å²) < 4.78 is 38.2. The first-order chi connectivity index (χ1) is 14.3. The number of hydrogen-bond donors (Lipinski definition) is 1. The van der Waals surface area contributed by atoms with Gasteiger partial charge in [-0.3, -0.25) is 9.59 Å². The van der Waals surface area contributed by atoms with Gasteiger partial charge in [0.25, 0.3) is 15.9 Å². The van der Waals surface area contributed by atoms with Crippen molar-refractivity contribution in [3.63, 3.8) is 0 Å². The molecule has 0 saturated heterocycles. The Morgan fingerprint density at radius 1 is 1.13 bits per heavy atom. The summed E-state index contributed by atoms with van der Waals surface area (Å²) in [5.74, 6) is -0.355. The summed E-state index contributed by atoms with van der Waals surface area (Å²) in [7, 11) is -3.94. The van der Waals surface area contributed by atoms with Gasteiger partial charge in [-0.05, 0) is 56.2 Å². The van der Waals surface area contributed by atoms with Gasteiger partial charge in [0.05, 0.1) is 12.8 Å². The van der Waals surface area contributed by atoms with E-state index in [1.807, 2.05) is 0 Å². The second kappa shape index (κ2) is 7.92. The van der Waals surface area contributed by atoms with Crippen molar-refractivity contribution >= 4 is 27.4 Å². The molecule has 1 aliphatic carbocycles. The smallest absolute Gasteiger partial charge is 0.291 e. The lowest BCUT2D eigenvalue weighted by atomic mass is 10.1. The number of hydrogen-bond acceptors (Lipinski definition) is 6. The maximum absolute atomic E-state index is 13.1. The van der Waals surface area contributed by atoms with Crippen molar-refractivity contribution in [2.75, 3.05) is 5.32 Å². The molecule has 0 aliphatic heterocycles. The summed E-state index contributed by atoms with van der Waals surface area (Å²) in [6, 6.07) is 12.3. The molecular weight excluding hydrogens is 408 g/mol. The Kier molecular flexibility index (Phi) is 5.31. The summed E-state index contributed by atoms with van der Waals surface area (Å²) in [4.78, 5) is 24.0. The fourth-order valence-corrected chi connectivity index (χ4v) is 4.60. The van der Waals surface area contributed by atoms with Gasteiger partial charge in [0.15, 0.2) is 11.5 Å². The number of carbonyl (C=O) groups excluding carboxylic acids is 2. The molecule has 3 aromatic rings. The molecule has 1 N–H and O–H groups in total. The summed E-state index contributed by atoms with van der Waals surface area (Å²) >= 11 is 0. The number of amides is 1. The SMILES string of the molecule is CC(=O)c1cccc(NC(=O)c2ccc(S(=O)(=O)N(Cc3ccco3)C3CC3)o2)c1. The van der Waals surface area contributed by atoms with Gasteiger partial charge < -0.3 is 14.2 Å². The third kappa shape index (κ3) is 4.22. The van der Waals surface area contributed by atoms with E-state index >= 15 is 0 Å². The summed E-state index contributed by atoms with van der Waals surface area (Å²) in [5, 5.41) is 2.31. The third-order valence-corrected chi connectivity index (χ3v) is 6.51. The van der Waals surface area contributed by atoms with Crippen LogP contribution >= 0.6 is 0 Å². The van der Waals surface area contributed by atoms with Crippen LogP contribution in [0.2, 0.25) is 0 Å². The molecule has 0 spiro atoms. The second-order valence-electron chi connectivity index (χ2n) is 7.07. The number of nitrogens with zero attached hydrogens (tertiary/aromatic N) is 1. The van der Waals surface area contributed by atoms with Crippen molar-refractivity contribution < 1.29 is 26.8 Å². The Balaban J connectivity index is 1.53. The fourth-order valence-electron chi connectivity index (χ4n) is 3.03. The lowest BCUT2D eigenvalue weighted by Gasteiger charge is -2.19. The largest absolute Gasteiger partial charge is 0.468 e. The Morgan fingerprint density at radius 2 is 1.93 bits per heavy atom. The predicted molar refractivity (Wildman–Crippen MR) is 108 cm³/mol. The summed E-state index contributed by atoms with van der Waals surface area (Å²) in [6.07, 6.45) is 3.02. The van der Waals surface area contributed by atoms with Gasteiger partial charge in [0.2, 0.25) is 5.09 Å². The van der Waals surface area contributed by atoms with Gasteiger partial charge in [0.1, 0.15) is 5.76 Å². The van der Waals surface area contributed by atoms with Crippen molar-refractivity contribution in [2.45, 2.75) is 37.4 Å². The van der Waals surface area contributed by atoms with Crippen molar-refractivity contribution in [3.8, 4) is 0 Å². The van der Waals surface area contributed by atoms with Crippen LogP contribution in [0.4, 0.5) is 5.69 Å². The minimum absolute atomic E-state index is 0.0973. The average molecular weight is 428 g/mol. The van der Waals surface area contributed by atoms with Gasteiger partial charge in [-0.2, -0.15) is 4.31 Å². The number of furan rings is 2. The molecule has 8 nitrogen and oxygen atoms in total. The molecule has 0 atom stereocenters. The molecule has 2 heterocycles. The normalized spacial score (nSPS) is 14.1. The Hall–Kier alpha value is -3.17. The Labute approximate surface area is 173 Å². The van der Waals surface area contributed by atoms with Crippen LogP contribution in [0, 0.1) is 0 Å². The first-order valence-corrected chi connectivity index (χ1v) is 10.8. The number of ketones is 1. The quantitative estimate of drug-likeness (QED) is 0.548. The predicted octanol–water partition coefficient (Wildman–Crippen LogP) is 3.68. The molecule has 4 rings (SSSR count). The zero-order chi connectivity index (χ0) is 21.3. The van der Waals surface area contributed by atoms with Crippen molar-refractivity contribution in [1.82, 2.24) is 4.31 Å². The van der Waals surface area contributed by atoms with Crippen molar-refractivity contribution in [3.05, 3.63) is 71.9 Å². The third-order valence-electron chi connectivity index (χ3n) is 4.74. The zero-order valence-electron chi connectivity index (χ0n) is 16.2. The highest BCUT2D eigenvalue weighted by atomic mass is 32.2. The molecule has 1 saturated carbocycles. The highest BCUT2D eigenvalue weighted by Crippen LogP contribution is 2.34. The van der Waals surface area contributed by atoms with Crippen LogP contribution in [-0.4, -0.2) is 30.5 Å². The van der Waals surface area contributed by atoms with E-state index in [-0.39, 0.29) is 29.2 Å². The lowest BCUT2D eigenvalue weighted by Crippen LogP contribution is -2.32. The van der Waals surface area contributed by atoms with Crippen LogP contribution < -0.4 is 5.32 Å². The number of nitrogens with one attached hydrogen (secondary N) is 1. The van der Waals surface area contributed by atoms with E-state index in [0.29, 0.717) is 17.0 Å². The van der Waals surface area contributed by atoms with E-state index < -0.39 is 15.9 Å². The van der Waals surface area contributed by atoms with E-state index in [2.05, 4.69) is 5.32 Å². The number of Topliss-reactive ketones (excluding diaryl/α,β-unsaturated/α-hetero) is 1. The minimum atomic E-state index is -3.94. The van der Waals surface area contributed by atoms with E-state index in [0.717, 1.165) is 12.8 Å². The molecule has 1 fully saturated rings. The van der Waals surface area contributed by atoms with Crippen LogP contribution in [0.1, 0.15) is 46.4 Å². The van der Waals surface area contributed by atoms with E-state index in [1.54, 1.807) is 36.4 Å². The molecule has 30 heavy (non-hydrogen) atoms. The van der Waals surface area contributed by atoms with E-state index in [1.165, 1.54) is 29.6 Å². The van der Waals surface area contributed by atoms with Gasteiger partial charge in [0, 0.05) is 17.3 Å². The number of carbonyl (C=O) groups is 2. The standard InChI is InChI=1S/C21H20N2O6S/c1-14(24)15-4-2-5-16(12-15)22-21(25)19-9-10-20(29-19)30(26,27)23(17-7-8-17)13-18-6-3-11-28-18/h2-6,9-12,17H,7-8,13H2,1H3,(H,22,25). The first-order valence-electron chi connectivity index (χ1n) is 9.41. The zero-order valence-corrected chi connectivity index (χ0v) is 17.0. The first kappa shape index (κ1) is 20.1. The maximum atomic E-state index is 13.1. The lowest BCUT2D eigenvalue weighted by molar-refractivity contribution is 0.0987. The highest BCUT2D eigenvalue weighted by Gasteiger charge is 2.40. The van der Waals surface area contributed by atoms with Crippen LogP contribution in [0.5, 0.6) is 0 Å². The number of benzene rings is 1. The molecule has 2 aromatic heterocycles. The van der Waals surface area contributed by atoms with Gasteiger partial charge in [-0.1, -0.05) is 12.1 Å². The van der Waals surface area contributed by atoms with Crippen LogP contribution in [0.15, 0.2) is 68.7 Å². The second-order valence-corrected chi connectivity index (χ2v) is 8.89. The van der Waals surface area contributed by atoms with Gasteiger partial charge in [-0.15, -0.1) is 0 Å². The van der Waals surface area contributed by atoms with Gasteiger partial charge >= 0.3 is 0 Å². The molecule has 1 amide bonds. The Morgan fingerprint density at radius 3 is 2.60 bits per heavy atom. The van der Waals surface area contributed by atoms with Crippen LogP contribution in [0.3, 0.4) is 0 Å². The highest BCUT2D eigenvalue weighted by molar-refractivity contribution is 7.89. The molecule has 0 radical (unpaired) electrons. The van der Waals surface area contributed by atoms with Crippen LogP contribution in [0.25, 0.3) is 0 Å². The van der Waals surface area contributed by atoms with Gasteiger partial charge in [-0.25, -0.2) is 8.42 Å². The molecule has 156 valence electrons. The number of rotatable bonds is 8. The van der Waals surface area contributed by atoms with Crippen molar-refractivity contribution in [2.24, 2.45) is 0 Å². The molecule has 1 aliphatic rings. The molecule has 1 aromatic carbocycles. The van der Waals surface area contributed by atoms with Crippen LogP contribution in [-0.2, 0) is 16.6 Å². The monoisotopic (exact) mass is 428 g/mol. The fraction of sp³-hybridized carbons (Fsp3) is 0.238. The molecule has 0 bridgehead atoms. The topological polar surface area (TPSA) is 110 Å². The molecule has 9 heteroatoms. The van der Waals surface area contributed by atoms with Crippen molar-refractivity contribution in [1.29, 1.82) is 0 Å². The summed E-state index contributed by atoms with van der Waals surface area (Å²) in [5.41, 5.74) is 0.861.